The molecule has 2 aromatic carbocycles. The molecule has 0 amide bonds. The zero-order valence-corrected chi connectivity index (χ0v) is 16.3. The van der Waals surface area contributed by atoms with Crippen molar-refractivity contribution in [2.75, 3.05) is 13.7 Å². The lowest BCUT2D eigenvalue weighted by molar-refractivity contribution is -0.146. The van der Waals surface area contributed by atoms with Crippen LogP contribution in [0, 0.1) is 16.7 Å². The van der Waals surface area contributed by atoms with Gasteiger partial charge in [-0.2, -0.15) is 5.26 Å². The average molecular weight is 375 g/mol. The van der Waals surface area contributed by atoms with Crippen LogP contribution in [-0.2, 0) is 16.1 Å². The molecular formula is C23H25N3O2. The molecule has 0 N–H and O–H groups in total. The first-order valence-corrected chi connectivity index (χ1v) is 9.67. The number of fused-ring (bicyclic) bond motifs is 1. The van der Waals surface area contributed by atoms with Gasteiger partial charge in [-0.05, 0) is 24.5 Å². The average Bonchev–Trinajstić information content (AvgIpc) is 3.26. The summed E-state index contributed by atoms with van der Waals surface area (Å²) in [6, 6.07) is 22.7. The van der Waals surface area contributed by atoms with Crippen LogP contribution in [0.1, 0.15) is 30.5 Å². The second kappa shape index (κ2) is 7.38. The summed E-state index contributed by atoms with van der Waals surface area (Å²) in [4.78, 5) is 17.2. The van der Waals surface area contributed by atoms with Crippen LogP contribution in [0.3, 0.4) is 0 Å². The number of carbonyl (C=O) groups is 1. The van der Waals surface area contributed by atoms with Crippen LogP contribution >= 0.6 is 0 Å². The normalized spacial score (nSPS) is 30.0. The van der Waals surface area contributed by atoms with Crippen molar-refractivity contribution in [3.63, 3.8) is 0 Å². The molecule has 0 spiro atoms. The number of methoxy groups -OCH3 is 1. The summed E-state index contributed by atoms with van der Waals surface area (Å²) < 4.78 is 5.11. The molecule has 28 heavy (non-hydrogen) atoms. The molecule has 4 rings (SSSR count). The van der Waals surface area contributed by atoms with Gasteiger partial charge >= 0.3 is 5.97 Å². The molecule has 2 heterocycles. The monoisotopic (exact) mass is 375 g/mol. The predicted molar refractivity (Wildman–Crippen MR) is 106 cm³/mol. The molecule has 0 bridgehead atoms. The Morgan fingerprint density at radius 3 is 2.43 bits per heavy atom. The molecule has 0 aliphatic carbocycles. The first kappa shape index (κ1) is 18.7. The molecule has 5 heteroatoms. The fourth-order valence-electron chi connectivity index (χ4n) is 4.87. The van der Waals surface area contributed by atoms with E-state index in [1.165, 1.54) is 18.2 Å². The van der Waals surface area contributed by atoms with E-state index in [9.17, 15) is 10.1 Å². The predicted octanol–water partition coefficient (Wildman–Crippen LogP) is 3.35. The van der Waals surface area contributed by atoms with Gasteiger partial charge in [-0.15, -0.1) is 0 Å². The van der Waals surface area contributed by atoms with Gasteiger partial charge in [-0.25, -0.2) is 0 Å². The number of ether oxygens (including phenoxy) is 1. The maximum atomic E-state index is 12.6. The van der Waals surface area contributed by atoms with Gasteiger partial charge in [0.1, 0.15) is 6.04 Å². The van der Waals surface area contributed by atoms with Crippen LogP contribution in [0.2, 0.25) is 0 Å². The molecule has 144 valence electrons. The van der Waals surface area contributed by atoms with E-state index in [-0.39, 0.29) is 18.2 Å². The zero-order chi connectivity index (χ0) is 19.7. The molecule has 0 aromatic heterocycles. The molecule has 0 saturated carbocycles. The molecule has 4 atom stereocenters. The van der Waals surface area contributed by atoms with Crippen molar-refractivity contribution in [3.05, 3.63) is 71.8 Å². The largest absolute Gasteiger partial charge is 0.468 e. The molecular weight excluding hydrogens is 350 g/mol. The summed E-state index contributed by atoms with van der Waals surface area (Å²) in [5.74, 6) is -0.258. The summed E-state index contributed by atoms with van der Waals surface area (Å²) in [6.45, 7) is 3.49. The van der Waals surface area contributed by atoms with Crippen LogP contribution in [0.15, 0.2) is 60.7 Å². The van der Waals surface area contributed by atoms with Gasteiger partial charge < -0.3 is 4.74 Å². The Hall–Kier alpha value is -2.68. The Morgan fingerprint density at radius 2 is 1.82 bits per heavy atom. The molecule has 2 saturated heterocycles. The topological polar surface area (TPSA) is 56.6 Å². The van der Waals surface area contributed by atoms with Gasteiger partial charge in [-0.1, -0.05) is 60.7 Å². The van der Waals surface area contributed by atoms with Crippen LogP contribution in [0.5, 0.6) is 0 Å². The highest BCUT2D eigenvalue weighted by molar-refractivity contribution is 5.76. The van der Waals surface area contributed by atoms with Crippen molar-refractivity contribution in [1.29, 1.82) is 5.26 Å². The van der Waals surface area contributed by atoms with E-state index in [2.05, 4.69) is 40.1 Å². The van der Waals surface area contributed by atoms with Crippen molar-refractivity contribution in [2.45, 2.75) is 38.1 Å². The first-order chi connectivity index (χ1) is 13.6. The van der Waals surface area contributed by atoms with E-state index in [0.29, 0.717) is 6.42 Å². The molecule has 2 fully saturated rings. The Labute approximate surface area is 166 Å². The van der Waals surface area contributed by atoms with Crippen molar-refractivity contribution in [3.8, 4) is 6.07 Å². The van der Waals surface area contributed by atoms with Crippen molar-refractivity contribution >= 4 is 5.97 Å². The Balaban J connectivity index is 1.75. The second-order valence-corrected chi connectivity index (χ2v) is 7.93. The van der Waals surface area contributed by atoms with Crippen LogP contribution < -0.4 is 0 Å². The summed E-state index contributed by atoms with van der Waals surface area (Å²) in [5.41, 5.74) is 1.73. The third-order valence-electron chi connectivity index (χ3n) is 6.08. The van der Waals surface area contributed by atoms with Gasteiger partial charge in [0, 0.05) is 19.1 Å². The minimum Gasteiger partial charge on any atom is -0.468 e. The molecule has 0 radical (unpaired) electrons. The number of hydrogen-bond acceptors (Lipinski definition) is 5. The van der Waals surface area contributed by atoms with Gasteiger partial charge in [0.25, 0.3) is 0 Å². The minimum absolute atomic E-state index is 0.0502. The van der Waals surface area contributed by atoms with E-state index >= 15 is 0 Å². The Kier molecular flexibility index (Phi) is 4.92. The Morgan fingerprint density at radius 1 is 1.18 bits per heavy atom. The van der Waals surface area contributed by atoms with Crippen molar-refractivity contribution < 1.29 is 9.53 Å². The molecule has 0 unspecified atom stereocenters. The number of carbonyl (C=O) groups excluding carboxylic acids is 1. The van der Waals surface area contributed by atoms with Crippen molar-refractivity contribution in [1.82, 2.24) is 9.80 Å². The molecule has 2 aliphatic heterocycles. The third-order valence-corrected chi connectivity index (χ3v) is 6.08. The summed E-state index contributed by atoms with van der Waals surface area (Å²) in [5, 5.41) is 10.0. The van der Waals surface area contributed by atoms with E-state index in [0.717, 1.165) is 13.1 Å². The lowest BCUT2D eigenvalue weighted by atomic mass is 9.86. The fraction of sp³-hybridized carbons (Fsp3) is 0.391. The summed E-state index contributed by atoms with van der Waals surface area (Å²) in [7, 11) is 1.43. The molecule has 2 aromatic rings. The zero-order valence-electron chi connectivity index (χ0n) is 16.3. The van der Waals surface area contributed by atoms with E-state index < -0.39 is 11.5 Å². The summed E-state index contributed by atoms with van der Waals surface area (Å²) >= 11 is 0. The van der Waals surface area contributed by atoms with E-state index in [1.807, 2.05) is 43.3 Å². The van der Waals surface area contributed by atoms with Crippen LogP contribution in [0.25, 0.3) is 0 Å². The van der Waals surface area contributed by atoms with E-state index in [4.69, 9.17) is 4.74 Å². The van der Waals surface area contributed by atoms with Crippen molar-refractivity contribution in [2.24, 2.45) is 5.41 Å². The van der Waals surface area contributed by atoms with E-state index in [1.54, 1.807) is 0 Å². The molecule has 5 nitrogen and oxygen atoms in total. The fourth-order valence-corrected chi connectivity index (χ4v) is 4.87. The summed E-state index contributed by atoms with van der Waals surface area (Å²) in [6.07, 6.45) is 0.349. The second-order valence-electron chi connectivity index (χ2n) is 7.93. The lowest BCUT2D eigenvalue weighted by Gasteiger charge is -2.33. The van der Waals surface area contributed by atoms with Gasteiger partial charge in [-0.3, -0.25) is 14.6 Å². The van der Waals surface area contributed by atoms with Crippen LogP contribution in [-0.4, -0.2) is 41.6 Å². The third kappa shape index (κ3) is 3.09. The number of rotatable bonds is 4. The first-order valence-electron chi connectivity index (χ1n) is 9.67. The quantitative estimate of drug-likeness (QED) is 0.767. The molecule has 2 aliphatic rings. The number of benzene rings is 2. The highest BCUT2D eigenvalue weighted by atomic mass is 16.5. The van der Waals surface area contributed by atoms with Gasteiger partial charge in [0.15, 0.2) is 0 Å². The SMILES string of the molecule is COC(=O)[C@H]1C[C@@](C)(C#N)[C@H]2N(Cc3ccccc3)C[C@@H](c3ccccc3)N12. The number of nitriles is 1. The number of nitrogens with zero attached hydrogens (tertiary/aromatic N) is 3. The standard InChI is InChI=1S/C23H25N3O2/c1-23(16-24)13-19(21(27)28-2)26-20(18-11-7-4-8-12-18)15-25(22(23)26)14-17-9-5-3-6-10-17/h3-12,19-20,22H,13-15H2,1-2H3/t19-,20+,22+,23+/m1/s1. The highest BCUT2D eigenvalue weighted by Gasteiger charge is 2.60. The smallest absolute Gasteiger partial charge is 0.323 e. The lowest BCUT2D eigenvalue weighted by Crippen LogP contribution is -2.45. The maximum absolute atomic E-state index is 12.6. The highest BCUT2D eigenvalue weighted by Crippen LogP contribution is 2.51. The van der Waals surface area contributed by atoms with Crippen LogP contribution in [0.4, 0.5) is 0 Å². The van der Waals surface area contributed by atoms with Gasteiger partial charge in [0.05, 0.1) is 24.8 Å². The Bertz CT molecular complexity index is 880. The number of esters is 1. The van der Waals surface area contributed by atoms with Gasteiger partial charge in [0.2, 0.25) is 0 Å². The maximum Gasteiger partial charge on any atom is 0.323 e. The minimum atomic E-state index is -0.642. The number of hydrogen-bond donors (Lipinski definition) is 0.